The monoisotopic (exact) mass is 565 g/mol. The molecule has 0 heterocycles. The van der Waals surface area contributed by atoms with Crippen LogP contribution in [0.3, 0.4) is 0 Å². The lowest BCUT2D eigenvalue weighted by atomic mass is 9.94. The first-order valence-corrected chi connectivity index (χ1v) is 14.4. The van der Waals surface area contributed by atoms with Crippen molar-refractivity contribution < 1.29 is 14.3 Å². The fraction of sp³-hybridized carbons (Fsp3) is 0.128. The fourth-order valence-corrected chi connectivity index (χ4v) is 4.89. The summed E-state index contributed by atoms with van der Waals surface area (Å²) in [6.45, 7) is 5.60. The van der Waals surface area contributed by atoms with E-state index < -0.39 is 11.8 Å². The summed E-state index contributed by atoms with van der Waals surface area (Å²) >= 11 is 0. The van der Waals surface area contributed by atoms with E-state index in [4.69, 9.17) is 4.74 Å². The van der Waals surface area contributed by atoms with Crippen LogP contribution < -0.4 is 4.90 Å². The number of aryl methyl sites for hydroxylation is 2. The molecule has 0 fully saturated rings. The quantitative estimate of drug-likeness (QED) is 0.0963. The van der Waals surface area contributed by atoms with Crippen LogP contribution in [0.2, 0.25) is 0 Å². The Morgan fingerprint density at radius 1 is 0.628 bits per heavy atom. The summed E-state index contributed by atoms with van der Waals surface area (Å²) in [4.78, 5) is 24.8. The first kappa shape index (κ1) is 29.3. The maximum absolute atomic E-state index is 11.5. The molecule has 0 aliphatic rings. The van der Waals surface area contributed by atoms with Gasteiger partial charge in [-0.1, -0.05) is 102 Å². The van der Waals surface area contributed by atoms with Gasteiger partial charge in [0.1, 0.15) is 0 Å². The highest BCUT2D eigenvalue weighted by Gasteiger charge is 2.13. The highest BCUT2D eigenvalue weighted by Crippen LogP contribution is 2.35. The second-order valence-electron chi connectivity index (χ2n) is 10.7. The first-order valence-electron chi connectivity index (χ1n) is 14.4. The van der Waals surface area contributed by atoms with Gasteiger partial charge < -0.3 is 9.64 Å². The number of Topliss-reactive ketones (excluding diaryl/α,β-unsaturated/α-hetero) is 1. The van der Waals surface area contributed by atoms with Crippen LogP contribution in [-0.2, 0) is 20.7 Å². The van der Waals surface area contributed by atoms with Crippen LogP contribution in [0.25, 0.3) is 11.6 Å². The van der Waals surface area contributed by atoms with Crippen molar-refractivity contribution in [1.82, 2.24) is 0 Å². The van der Waals surface area contributed by atoms with Crippen LogP contribution in [0.4, 0.5) is 17.1 Å². The van der Waals surface area contributed by atoms with Gasteiger partial charge in [-0.05, 0) is 84.1 Å². The molecule has 4 nitrogen and oxygen atoms in total. The van der Waals surface area contributed by atoms with Crippen molar-refractivity contribution in [3.63, 3.8) is 0 Å². The zero-order chi connectivity index (χ0) is 30.2. The van der Waals surface area contributed by atoms with E-state index in [1.54, 1.807) is 0 Å². The summed E-state index contributed by atoms with van der Waals surface area (Å²) < 4.78 is 5.02. The van der Waals surface area contributed by atoms with E-state index >= 15 is 0 Å². The number of benzene rings is 5. The largest absolute Gasteiger partial charge is 0.460 e. The average Bonchev–Trinajstić information content (AvgIpc) is 3.03. The molecule has 5 aromatic carbocycles. The van der Waals surface area contributed by atoms with Crippen LogP contribution in [0, 0.1) is 13.8 Å². The van der Waals surface area contributed by atoms with Crippen LogP contribution in [0.1, 0.15) is 40.3 Å². The Morgan fingerprint density at radius 3 is 1.63 bits per heavy atom. The number of carbonyl (C=O) groups is 2. The number of ketones is 1. The van der Waals surface area contributed by atoms with Crippen molar-refractivity contribution in [2.24, 2.45) is 0 Å². The molecule has 0 bridgehead atoms. The van der Waals surface area contributed by atoms with Gasteiger partial charge in [0.15, 0.2) is 0 Å². The van der Waals surface area contributed by atoms with Crippen molar-refractivity contribution in [1.29, 1.82) is 0 Å². The van der Waals surface area contributed by atoms with E-state index in [2.05, 4.69) is 122 Å². The summed E-state index contributed by atoms with van der Waals surface area (Å²) in [5.74, 6) is -1.38. The lowest BCUT2D eigenvalue weighted by molar-refractivity contribution is -0.152. The van der Waals surface area contributed by atoms with Crippen molar-refractivity contribution in [3.8, 4) is 0 Å². The number of carbonyl (C=O) groups excluding carboxylic acids is 2. The van der Waals surface area contributed by atoms with Crippen molar-refractivity contribution in [3.05, 3.63) is 161 Å². The zero-order valence-electron chi connectivity index (χ0n) is 24.8. The van der Waals surface area contributed by atoms with Crippen LogP contribution in [0.5, 0.6) is 0 Å². The predicted octanol–water partition coefficient (Wildman–Crippen LogP) is 9.04. The van der Waals surface area contributed by atoms with E-state index in [9.17, 15) is 9.59 Å². The van der Waals surface area contributed by atoms with Crippen LogP contribution in [0.15, 0.2) is 127 Å². The van der Waals surface area contributed by atoms with Gasteiger partial charge in [-0.25, -0.2) is 4.79 Å². The summed E-state index contributed by atoms with van der Waals surface area (Å²) in [5, 5.41) is 0. The summed E-state index contributed by atoms with van der Waals surface area (Å²) in [6, 6.07) is 44.5. The number of nitrogens with zero attached hydrogens (tertiary/aromatic N) is 1. The molecule has 0 radical (unpaired) electrons. The summed E-state index contributed by atoms with van der Waals surface area (Å²) in [6.07, 6.45) is 2.76. The average molecular weight is 566 g/mol. The van der Waals surface area contributed by atoms with Gasteiger partial charge >= 0.3 is 5.97 Å². The Bertz CT molecular complexity index is 1660. The minimum absolute atomic E-state index is 0.174. The molecule has 0 saturated heterocycles. The standard InChI is InChI=1S/C39H35NO3/c1-28-9-19-35(20-10-28)40(36-21-11-29(2)12-22-36)37-23-15-32(16-24-37)27-38(33-7-5-4-6-8-33)34-17-13-31(14-18-34)25-26-43-39(42)30(3)41/h4-24,27H,25-26H2,1-3H3. The smallest absolute Gasteiger partial charge is 0.374 e. The predicted molar refractivity (Wildman–Crippen MR) is 176 cm³/mol. The third-order valence-electron chi connectivity index (χ3n) is 7.31. The molecule has 0 aromatic heterocycles. The van der Waals surface area contributed by atoms with Crippen molar-refractivity contribution in [2.45, 2.75) is 27.2 Å². The Labute approximate surface area is 253 Å². The SMILES string of the molecule is CC(=O)C(=O)OCCc1ccc(C(=Cc2ccc(N(c3ccc(C)cc3)c3ccc(C)cc3)cc2)c2ccccc2)cc1. The molecule has 214 valence electrons. The van der Waals surface area contributed by atoms with Gasteiger partial charge in [0.25, 0.3) is 0 Å². The molecular weight excluding hydrogens is 530 g/mol. The first-order chi connectivity index (χ1) is 20.9. The molecule has 5 aromatic rings. The fourth-order valence-electron chi connectivity index (χ4n) is 4.89. The van der Waals surface area contributed by atoms with Gasteiger partial charge in [0.2, 0.25) is 5.78 Å². The zero-order valence-corrected chi connectivity index (χ0v) is 24.8. The lowest BCUT2D eigenvalue weighted by Gasteiger charge is -2.26. The van der Waals surface area contributed by atoms with Gasteiger partial charge in [0, 0.05) is 30.4 Å². The van der Waals surface area contributed by atoms with Gasteiger partial charge in [-0.3, -0.25) is 4.79 Å². The minimum Gasteiger partial charge on any atom is -0.460 e. The molecule has 0 aliphatic heterocycles. The minimum atomic E-state index is -0.794. The molecular formula is C39H35NO3. The van der Waals surface area contributed by atoms with Gasteiger partial charge in [0.05, 0.1) is 6.61 Å². The lowest BCUT2D eigenvalue weighted by Crippen LogP contribution is -2.15. The topological polar surface area (TPSA) is 46.6 Å². The maximum Gasteiger partial charge on any atom is 0.374 e. The number of esters is 1. The van der Waals surface area contributed by atoms with Crippen molar-refractivity contribution in [2.75, 3.05) is 11.5 Å². The Morgan fingerprint density at radius 2 is 1.12 bits per heavy atom. The molecule has 43 heavy (non-hydrogen) atoms. The molecule has 0 spiro atoms. The highest BCUT2D eigenvalue weighted by molar-refractivity contribution is 6.32. The Kier molecular flexibility index (Phi) is 9.28. The molecule has 0 saturated carbocycles. The maximum atomic E-state index is 11.5. The summed E-state index contributed by atoms with van der Waals surface area (Å²) in [5.41, 5.74) is 11.2. The Hall–Kier alpha value is -5.22. The molecule has 0 N–H and O–H groups in total. The van der Waals surface area contributed by atoms with Crippen LogP contribution in [-0.4, -0.2) is 18.4 Å². The number of hydrogen-bond donors (Lipinski definition) is 0. The molecule has 0 unspecified atom stereocenters. The molecule has 0 atom stereocenters. The van der Waals surface area contributed by atoms with E-state index in [0.717, 1.165) is 44.9 Å². The van der Waals surface area contributed by atoms with Crippen LogP contribution >= 0.6 is 0 Å². The number of anilines is 3. The highest BCUT2D eigenvalue weighted by atomic mass is 16.5. The third kappa shape index (κ3) is 7.55. The van der Waals surface area contributed by atoms with E-state index in [-0.39, 0.29) is 6.61 Å². The van der Waals surface area contributed by atoms with Crippen molar-refractivity contribution >= 4 is 40.5 Å². The number of hydrogen-bond acceptors (Lipinski definition) is 4. The second kappa shape index (κ2) is 13.6. The number of ether oxygens (including phenoxy) is 1. The second-order valence-corrected chi connectivity index (χ2v) is 10.7. The van der Waals surface area contributed by atoms with Gasteiger partial charge in [-0.2, -0.15) is 0 Å². The van der Waals surface area contributed by atoms with E-state index in [1.165, 1.54) is 18.1 Å². The van der Waals surface area contributed by atoms with E-state index in [0.29, 0.717) is 6.42 Å². The number of rotatable bonds is 10. The third-order valence-corrected chi connectivity index (χ3v) is 7.31. The van der Waals surface area contributed by atoms with E-state index in [1.807, 2.05) is 30.3 Å². The normalized spacial score (nSPS) is 11.2. The molecule has 0 amide bonds. The summed E-state index contributed by atoms with van der Waals surface area (Å²) in [7, 11) is 0. The molecule has 0 aliphatic carbocycles. The molecule has 5 rings (SSSR count). The van der Waals surface area contributed by atoms with Gasteiger partial charge in [-0.15, -0.1) is 0 Å². The Balaban J connectivity index is 1.44. The molecule has 4 heteroatoms.